The first kappa shape index (κ1) is 10.00. The van der Waals surface area contributed by atoms with Gasteiger partial charge in [0.25, 0.3) is 0 Å². The summed E-state index contributed by atoms with van der Waals surface area (Å²) in [6.07, 6.45) is -0.164. The molecule has 2 saturated heterocycles. The summed E-state index contributed by atoms with van der Waals surface area (Å²) in [5.41, 5.74) is 1.30. The first-order chi connectivity index (χ1) is 7.83. The number of benzene rings is 1. The molecule has 0 aliphatic carbocycles. The number of hydrogen-bond acceptors (Lipinski definition) is 3. The van der Waals surface area contributed by atoms with Gasteiger partial charge in [-0.25, -0.2) is 0 Å². The van der Waals surface area contributed by atoms with Crippen molar-refractivity contribution in [2.24, 2.45) is 5.92 Å². The number of carbonyl (C=O) groups excluding carboxylic acids is 1. The average Bonchev–Trinajstić information content (AvgIpc) is 2.54. The largest absolute Gasteiger partial charge is 0.368 e. The van der Waals surface area contributed by atoms with E-state index < -0.39 is 0 Å². The second-order valence-electron chi connectivity index (χ2n) is 4.60. The molecule has 1 aromatic rings. The van der Waals surface area contributed by atoms with E-state index in [1.54, 1.807) is 0 Å². The van der Waals surface area contributed by atoms with Crippen LogP contribution in [0, 0.1) is 5.92 Å². The van der Waals surface area contributed by atoms with E-state index in [1.807, 2.05) is 6.07 Å². The van der Waals surface area contributed by atoms with Gasteiger partial charge in [0.15, 0.2) is 5.78 Å². The van der Waals surface area contributed by atoms with E-state index in [0.717, 1.165) is 19.6 Å². The number of ketones is 1. The van der Waals surface area contributed by atoms with Crippen molar-refractivity contribution in [2.45, 2.75) is 12.6 Å². The molecule has 2 heterocycles. The summed E-state index contributed by atoms with van der Waals surface area (Å²) in [6.45, 7) is 3.15. The van der Waals surface area contributed by atoms with E-state index in [2.05, 4.69) is 29.2 Å². The molecule has 3 nitrogen and oxygen atoms in total. The zero-order valence-electron chi connectivity index (χ0n) is 9.13. The van der Waals surface area contributed by atoms with Crippen LogP contribution in [0.4, 0.5) is 0 Å². The van der Waals surface area contributed by atoms with E-state index >= 15 is 0 Å². The van der Waals surface area contributed by atoms with Crippen LogP contribution in [-0.2, 0) is 16.1 Å². The lowest BCUT2D eigenvalue weighted by Crippen LogP contribution is -2.44. The molecule has 2 atom stereocenters. The Morgan fingerprint density at radius 1 is 1.25 bits per heavy atom. The second kappa shape index (κ2) is 4.00. The van der Waals surface area contributed by atoms with Gasteiger partial charge in [-0.15, -0.1) is 0 Å². The number of carbonyl (C=O) groups is 1. The van der Waals surface area contributed by atoms with Gasteiger partial charge in [-0.3, -0.25) is 9.69 Å². The molecule has 3 heteroatoms. The van der Waals surface area contributed by atoms with Crippen molar-refractivity contribution in [3.63, 3.8) is 0 Å². The summed E-state index contributed by atoms with van der Waals surface area (Å²) in [6, 6.07) is 10.4. The molecule has 0 amide bonds. The Bertz CT molecular complexity index is 374. The van der Waals surface area contributed by atoms with Crippen LogP contribution < -0.4 is 0 Å². The Morgan fingerprint density at radius 2 is 2.06 bits per heavy atom. The molecule has 2 aliphatic heterocycles. The zero-order chi connectivity index (χ0) is 11.0. The van der Waals surface area contributed by atoms with Gasteiger partial charge in [0.05, 0.1) is 12.5 Å². The Hall–Kier alpha value is -1.19. The third-order valence-electron chi connectivity index (χ3n) is 3.37. The normalized spacial score (nSPS) is 29.6. The molecule has 3 rings (SSSR count). The molecule has 0 radical (unpaired) electrons. The quantitative estimate of drug-likeness (QED) is 0.742. The molecule has 0 saturated carbocycles. The van der Waals surface area contributed by atoms with Crippen molar-refractivity contribution >= 4 is 5.78 Å². The molecular formula is C13H15NO2. The van der Waals surface area contributed by atoms with Crippen LogP contribution in [0.15, 0.2) is 30.3 Å². The minimum absolute atomic E-state index is 0.113. The van der Waals surface area contributed by atoms with Gasteiger partial charge in [0, 0.05) is 19.6 Å². The lowest BCUT2D eigenvalue weighted by molar-refractivity contribution is -0.128. The third kappa shape index (κ3) is 1.77. The van der Waals surface area contributed by atoms with Gasteiger partial charge in [0.2, 0.25) is 0 Å². The van der Waals surface area contributed by atoms with E-state index in [4.69, 9.17) is 4.74 Å². The predicted octanol–water partition coefficient (Wildman–Crippen LogP) is 1.09. The van der Waals surface area contributed by atoms with Crippen molar-refractivity contribution in [3.05, 3.63) is 35.9 Å². The molecule has 2 fully saturated rings. The summed E-state index contributed by atoms with van der Waals surface area (Å²) >= 11 is 0. The Labute approximate surface area is 95.0 Å². The SMILES string of the molecule is O=C1[C@H]2CO[C@H]1CN(Cc1ccccc1)C2. The first-order valence-electron chi connectivity index (χ1n) is 5.74. The molecular weight excluding hydrogens is 202 g/mol. The molecule has 0 unspecified atom stereocenters. The topological polar surface area (TPSA) is 29.5 Å². The van der Waals surface area contributed by atoms with Crippen LogP contribution in [0.25, 0.3) is 0 Å². The summed E-state index contributed by atoms with van der Waals surface area (Å²) in [5.74, 6) is 0.423. The summed E-state index contributed by atoms with van der Waals surface area (Å²) in [5, 5.41) is 0. The number of fused-ring (bicyclic) bond motifs is 2. The molecule has 2 aliphatic rings. The first-order valence-corrected chi connectivity index (χ1v) is 5.74. The summed E-state index contributed by atoms with van der Waals surface area (Å²) in [7, 11) is 0. The number of rotatable bonds is 2. The van der Waals surface area contributed by atoms with Crippen LogP contribution >= 0.6 is 0 Å². The highest BCUT2D eigenvalue weighted by molar-refractivity contribution is 5.88. The van der Waals surface area contributed by atoms with E-state index in [0.29, 0.717) is 12.4 Å². The van der Waals surface area contributed by atoms with Gasteiger partial charge in [-0.1, -0.05) is 30.3 Å². The monoisotopic (exact) mass is 217 g/mol. The number of piperidine rings is 1. The minimum Gasteiger partial charge on any atom is -0.368 e. The lowest BCUT2D eigenvalue weighted by Gasteiger charge is -2.29. The second-order valence-corrected chi connectivity index (χ2v) is 4.60. The smallest absolute Gasteiger partial charge is 0.169 e. The predicted molar refractivity (Wildman–Crippen MR) is 60.0 cm³/mol. The van der Waals surface area contributed by atoms with Crippen LogP contribution in [0.1, 0.15) is 5.56 Å². The molecule has 16 heavy (non-hydrogen) atoms. The molecule has 0 N–H and O–H groups in total. The zero-order valence-corrected chi connectivity index (χ0v) is 9.13. The number of ether oxygens (including phenoxy) is 1. The Morgan fingerprint density at radius 3 is 2.81 bits per heavy atom. The minimum atomic E-state index is -0.164. The highest BCUT2D eigenvalue weighted by atomic mass is 16.5. The Kier molecular flexibility index (Phi) is 2.50. The number of nitrogens with zero attached hydrogens (tertiary/aromatic N) is 1. The van der Waals surface area contributed by atoms with Gasteiger partial charge in [-0.05, 0) is 5.56 Å². The molecule has 84 valence electrons. The standard InChI is InChI=1S/C13H15NO2/c15-13-11-7-14(8-12(13)16-9-11)6-10-4-2-1-3-5-10/h1-5,11-12H,6-9H2/t11-,12+/m1/s1. The fourth-order valence-corrected chi connectivity index (χ4v) is 2.54. The van der Waals surface area contributed by atoms with Gasteiger partial charge >= 0.3 is 0 Å². The maximum absolute atomic E-state index is 11.6. The maximum atomic E-state index is 11.6. The highest BCUT2D eigenvalue weighted by Gasteiger charge is 2.41. The third-order valence-corrected chi connectivity index (χ3v) is 3.37. The van der Waals surface area contributed by atoms with E-state index in [-0.39, 0.29) is 12.0 Å². The maximum Gasteiger partial charge on any atom is 0.169 e. The van der Waals surface area contributed by atoms with Crippen LogP contribution in [-0.4, -0.2) is 36.5 Å². The van der Waals surface area contributed by atoms with E-state index in [1.165, 1.54) is 5.56 Å². The fraction of sp³-hybridized carbons (Fsp3) is 0.462. The summed E-state index contributed by atoms with van der Waals surface area (Å²) in [4.78, 5) is 14.0. The van der Waals surface area contributed by atoms with Gasteiger partial charge in [0.1, 0.15) is 6.10 Å². The fourth-order valence-electron chi connectivity index (χ4n) is 2.54. The van der Waals surface area contributed by atoms with Crippen molar-refractivity contribution < 1.29 is 9.53 Å². The van der Waals surface area contributed by atoms with Crippen LogP contribution in [0.5, 0.6) is 0 Å². The van der Waals surface area contributed by atoms with Gasteiger partial charge in [-0.2, -0.15) is 0 Å². The van der Waals surface area contributed by atoms with Crippen LogP contribution in [0.3, 0.4) is 0 Å². The van der Waals surface area contributed by atoms with Crippen LogP contribution in [0.2, 0.25) is 0 Å². The summed E-state index contributed by atoms with van der Waals surface area (Å²) < 4.78 is 5.47. The molecule has 0 spiro atoms. The van der Waals surface area contributed by atoms with Crippen molar-refractivity contribution in [3.8, 4) is 0 Å². The van der Waals surface area contributed by atoms with Crippen molar-refractivity contribution in [1.82, 2.24) is 4.90 Å². The number of Topliss-reactive ketones (excluding diaryl/α,β-unsaturated/α-hetero) is 1. The number of likely N-dealkylation sites (tertiary alicyclic amines) is 1. The molecule has 0 aromatic heterocycles. The lowest BCUT2D eigenvalue weighted by atomic mass is 9.98. The Balaban J connectivity index is 1.68. The van der Waals surface area contributed by atoms with Gasteiger partial charge < -0.3 is 4.74 Å². The average molecular weight is 217 g/mol. The van der Waals surface area contributed by atoms with E-state index in [9.17, 15) is 4.79 Å². The molecule has 1 aromatic carbocycles. The molecule has 2 bridgehead atoms. The highest BCUT2D eigenvalue weighted by Crippen LogP contribution is 2.24. The van der Waals surface area contributed by atoms with Crippen molar-refractivity contribution in [1.29, 1.82) is 0 Å². The van der Waals surface area contributed by atoms with Crippen molar-refractivity contribution in [2.75, 3.05) is 19.7 Å². The number of hydrogen-bond donors (Lipinski definition) is 0.